The van der Waals surface area contributed by atoms with E-state index in [-0.39, 0.29) is 34.6 Å². The van der Waals surface area contributed by atoms with Gasteiger partial charge in [0.05, 0.1) is 27.4 Å². The zero-order valence-electron chi connectivity index (χ0n) is 14.5. The van der Waals surface area contributed by atoms with Crippen LogP contribution in [0.4, 0.5) is 5.69 Å². The first-order valence-corrected chi connectivity index (χ1v) is 11.0. The lowest BCUT2D eigenvalue weighted by atomic mass is 9.98. The number of benzene rings is 1. The Kier molecular flexibility index (Phi) is 7.76. The van der Waals surface area contributed by atoms with Gasteiger partial charge in [0.1, 0.15) is 0 Å². The zero-order chi connectivity index (χ0) is 20.2. The van der Waals surface area contributed by atoms with E-state index in [1.807, 2.05) is 0 Å². The Morgan fingerprint density at radius 1 is 1.19 bits per heavy atom. The first kappa shape index (κ1) is 22.2. The average Bonchev–Trinajstić information content (AvgIpc) is 2.62. The van der Waals surface area contributed by atoms with E-state index in [0.29, 0.717) is 17.9 Å². The molecule has 1 amide bonds. The van der Waals surface area contributed by atoms with E-state index < -0.39 is 34.4 Å². The third-order valence-corrected chi connectivity index (χ3v) is 6.86. The van der Waals surface area contributed by atoms with E-state index >= 15 is 0 Å². The second kappa shape index (κ2) is 9.43. The van der Waals surface area contributed by atoms with Crippen LogP contribution in [0.3, 0.4) is 0 Å². The van der Waals surface area contributed by atoms with Crippen molar-refractivity contribution in [1.29, 1.82) is 0 Å². The first-order chi connectivity index (χ1) is 12.6. The van der Waals surface area contributed by atoms with Gasteiger partial charge in [-0.15, -0.1) is 0 Å². The molecule has 2 rings (SSSR count). The lowest BCUT2D eigenvalue weighted by Gasteiger charge is -2.29. The van der Waals surface area contributed by atoms with Crippen molar-refractivity contribution in [2.24, 2.45) is 5.92 Å². The Bertz CT molecular complexity index is 800. The van der Waals surface area contributed by atoms with Crippen LogP contribution in [0.25, 0.3) is 0 Å². The average molecular weight is 458 g/mol. The molecule has 11 heteroatoms. The fraction of sp³-hybridized carbons (Fsp3) is 0.500. The van der Waals surface area contributed by atoms with Gasteiger partial charge in [-0.1, -0.05) is 34.8 Å². The number of hydrogen-bond donors (Lipinski definition) is 1. The van der Waals surface area contributed by atoms with Crippen LogP contribution in [0.1, 0.15) is 19.8 Å². The van der Waals surface area contributed by atoms with Crippen LogP contribution in [0.2, 0.25) is 15.1 Å². The topological polar surface area (TPSA) is 92.8 Å². The summed E-state index contributed by atoms with van der Waals surface area (Å²) in [6.45, 7) is 1.60. The van der Waals surface area contributed by atoms with Crippen LogP contribution >= 0.6 is 34.8 Å². The second-order valence-corrected chi connectivity index (χ2v) is 9.48. The fourth-order valence-corrected chi connectivity index (χ4v) is 4.69. The van der Waals surface area contributed by atoms with E-state index in [0.717, 1.165) is 0 Å². The van der Waals surface area contributed by atoms with Crippen LogP contribution in [-0.4, -0.2) is 50.0 Å². The number of piperidine rings is 1. The normalized spacial score (nSPS) is 16.1. The summed E-state index contributed by atoms with van der Waals surface area (Å²) in [6, 6.07) is 2.85. The van der Waals surface area contributed by atoms with Gasteiger partial charge in [-0.2, -0.15) is 0 Å². The van der Waals surface area contributed by atoms with Crippen molar-refractivity contribution in [3.63, 3.8) is 0 Å². The molecule has 1 aliphatic rings. The highest BCUT2D eigenvalue weighted by Crippen LogP contribution is 2.33. The number of hydrogen-bond acceptors (Lipinski definition) is 5. The highest BCUT2D eigenvalue weighted by Gasteiger charge is 2.31. The first-order valence-electron chi connectivity index (χ1n) is 8.23. The van der Waals surface area contributed by atoms with Gasteiger partial charge in [-0.05, 0) is 31.9 Å². The predicted molar refractivity (Wildman–Crippen MR) is 105 cm³/mol. The second-order valence-electron chi connectivity index (χ2n) is 5.97. The zero-order valence-corrected chi connectivity index (χ0v) is 17.6. The smallest absolute Gasteiger partial charge is 0.309 e. The summed E-state index contributed by atoms with van der Waals surface area (Å²) in [4.78, 5) is 24.1. The van der Waals surface area contributed by atoms with Crippen LogP contribution in [0, 0.1) is 5.92 Å². The third-order valence-electron chi connectivity index (χ3n) is 4.16. The molecule has 1 aromatic carbocycles. The number of nitrogens with one attached hydrogen (secondary N) is 1. The molecule has 150 valence electrons. The minimum atomic E-state index is -3.26. The Hall–Kier alpha value is -1.06. The van der Waals surface area contributed by atoms with Gasteiger partial charge < -0.3 is 10.1 Å². The molecule has 0 spiro atoms. The lowest BCUT2D eigenvalue weighted by Crippen LogP contribution is -2.41. The van der Waals surface area contributed by atoms with Crippen LogP contribution in [0.5, 0.6) is 0 Å². The molecule has 0 aromatic heterocycles. The van der Waals surface area contributed by atoms with Gasteiger partial charge in [-0.25, -0.2) is 12.7 Å². The molecular weight excluding hydrogens is 439 g/mol. The molecule has 1 aromatic rings. The number of amides is 1. The maximum atomic E-state index is 12.1. The Balaban J connectivity index is 1.83. The largest absolute Gasteiger partial charge is 0.455 e. The van der Waals surface area contributed by atoms with Crippen molar-refractivity contribution < 1.29 is 22.7 Å². The lowest BCUT2D eigenvalue weighted by molar-refractivity contribution is -0.152. The minimum absolute atomic E-state index is 0.0259. The number of esters is 1. The van der Waals surface area contributed by atoms with Crippen molar-refractivity contribution in [2.45, 2.75) is 19.8 Å². The Labute approximate surface area is 172 Å². The molecule has 1 heterocycles. The van der Waals surface area contributed by atoms with Gasteiger partial charge in [0.15, 0.2) is 6.61 Å². The van der Waals surface area contributed by atoms with Crippen molar-refractivity contribution in [1.82, 2.24) is 4.31 Å². The molecule has 0 saturated carbocycles. The van der Waals surface area contributed by atoms with Crippen LogP contribution in [0.15, 0.2) is 12.1 Å². The highest BCUT2D eigenvalue weighted by molar-refractivity contribution is 7.89. The number of anilines is 1. The van der Waals surface area contributed by atoms with Crippen molar-refractivity contribution in [2.75, 3.05) is 30.8 Å². The summed E-state index contributed by atoms with van der Waals surface area (Å²) in [7, 11) is -3.26. The summed E-state index contributed by atoms with van der Waals surface area (Å²) >= 11 is 17.8. The summed E-state index contributed by atoms with van der Waals surface area (Å²) in [6.07, 6.45) is 0.711. The van der Waals surface area contributed by atoms with E-state index in [1.165, 1.54) is 16.4 Å². The van der Waals surface area contributed by atoms with E-state index in [2.05, 4.69) is 5.32 Å². The number of rotatable bonds is 6. The standard InChI is InChI=1S/C16H19Cl3N2O5S/c1-2-27(24,25)21-5-3-10(4-6-21)16(23)26-9-14(22)20-15-12(18)7-11(17)8-13(15)19/h7-8,10H,2-6,9H2,1H3,(H,20,22). The van der Waals surface area contributed by atoms with Gasteiger partial charge in [-0.3, -0.25) is 9.59 Å². The number of carbonyl (C=O) groups excluding carboxylic acids is 2. The number of carbonyl (C=O) groups is 2. The quantitative estimate of drug-likeness (QED) is 0.662. The minimum Gasteiger partial charge on any atom is -0.455 e. The summed E-state index contributed by atoms with van der Waals surface area (Å²) in [5.74, 6) is -1.55. The van der Waals surface area contributed by atoms with E-state index in [9.17, 15) is 18.0 Å². The van der Waals surface area contributed by atoms with Crippen molar-refractivity contribution in [3.05, 3.63) is 27.2 Å². The molecule has 7 nitrogen and oxygen atoms in total. The van der Waals surface area contributed by atoms with Crippen LogP contribution in [-0.2, 0) is 24.3 Å². The molecule has 1 N–H and O–H groups in total. The molecular formula is C16H19Cl3N2O5S. The number of nitrogens with zero attached hydrogens (tertiary/aromatic N) is 1. The van der Waals surface area contributed by atoms with Gasteiger partial charge in [0.25, 0.3) is 5.91 Å². The molecule has 1 fully saturated rings. The molecule has 1 saturated heterocycles. The van der Waals surface area contributed by atoms with Gasteiger partial charge in [0.2, 0.25) is 10.0 Å². The maximum absolute atomic E-state index is 12.1. The number of ether oxygens (including phenoxy) is 1. The molecule has 27 heavy (non-hydrogen) atoms. The molecule has 0 radical (unpaired) electrons. The van der Waals surface area contributed by atoms with Gasteiger partial charge >= 0.3 is 5.97 Å². The van der Waals surface area contributed by atoms with Crippen molar-refractivity contribution in [3.8, 4) is 0 Å². The summed E-state index contributed by atoms with van der Waals surface area (Å²) < 4.78 is 30.0. The number of halogens is 3. The summed E-state index contributed by atoms with van der Waals surface area (Å²) in [5.41, 5.74) is 0.182. The van der Waals surface area contributed by atoms with Crippen molar-refractivity contribution >= 4 is 62.4 Å². The Morgan fingerprint density at radius 3 is 2.26 bits per heavy atom. The molecule has 1 aliphatic heterocycles. The maximum Gasteiger partial charge on any atom is 0.309 e. The monoisotopic (exact) mass is 456 g/mol. The molecule has 0 unspecified atom stereocenters. The van der Waals surface area contributed by atoms with E-state index in [4.69, 9.17) is 39.5 Å². The third kappa shape index (κ3) is 5.96. The van der Waals surface area contributed by atoms with Gasteiger partial charge in [0, 0.05) is 18.1 Å². The molecule has 0 bridgehead atoms. The highest BCUT2D eigenvalue weighted by atomic mass is 35.5. The number of sulfonamides is 1. The van der Waals surface area contributed by atoms with Crippen LogP contribution < -0.4 is 5.32 Å². The van der Waals surface area contributed by atoms with E-state index in [1.54, 1.807) is 6.92 Å². The fourth-order valence-electron chi connectivity index (χ4n) is 2.64. The molecule has 0 aliphatic carbocycles. The molecule has 0 atom stereocenters. The Morgan fingerprint density at radius 2 is 1.74 bits per heavy atom. The summed E-state index contributed by atoms with van der Waals surface area (Å²) in [5, 5.41) is 3.12. The SMILES string of the molecule is CCS(=O)(=O)N1CCC(C(=O)OCC(=O)Nc2c(Cl)cc(Cl)cc2Cl)CC1. The predicted octanol–water partition coefficient (Wildman–Crippen LogP) is 3.19.